The standard InChI is InChI=1S/C20H17O2P.C12H11P.C8H7IO2/c1-22-20(21)18-14-8-9-15-19(18)23(16-10-4-2-5-11-16)17-12-6-3-7-13-17;1-3-7-11(8-4-1)13-12-9-5-2-6-10-12;1-11-8(10)6-4-2-3-5-7(6)9/h2-15H,1H3;1-10,13H;2-5H,1H3. The Morgan fingerprint density at radius 1 is 0.489 bits per heavy atom. The third kappa shape index (κ3) is 11.0. The fourth-order valence-corrected chi connectivity index (χ4v) is 8.57. The Labute approximate surface area is 293 Å². The molecule has 0 saturated heterocycles. The molecule has 0 aliphatic heterocycles. The fourth-order valence-electron chi connectivity index (χ4n) is 4.48. The molecule has 6 rings (SSSR count). The molecule has 0 bridgehead atoms. The number of ether oxygens (including phenoxy) is 2. The highest BCUT2D eigenvalue weighted by molar-refractivity contribution is 14.1. The Bertz CT molecular complexity index is 1740. The second kappa shape index (κ2) is 19.5. The van der Waals surface area contributed by atoms with Crippen LogP contribution >= 0.6 is 39.1 Å². The summed E-state index contributed by atoms with van der Waals surface area (Å²) in [7, 11) is 2.77. The van der Waals surface area contributed by atoms with Crippen molar-refractivity contribution in [3.8, 4) is 0 Å². The van der Waals surface area contributed by atoms with Gasteiger partial charge in [-0.15, -0.1) is 0 Å². The van der Waals surface area contributed by atoms with Crippen LogP contribution in [0.1, 0.15) is 20.7 Å². The van der Waals surface area contributed by atoms with Gasteiger partial charge in [0.1, 0.15) is 0 Å². The highest BCUT2D eigenvalue weighted by atomic mass is 127. The summed E-state index contributed by atoms with van der Waals surface area (Å²) in [6.45, 7) is 0. The molecule has 7 heteroatoms. The quantitative estimate of drug-likeness (QED) is 0.0954. The molecule has 0 aromatic heterocycles. The summed E-state index contributed by atoms with van der Waals surface area (Å²) in [5, 5.41) is 6.24. The van der Waals surface area contributed by atoms with Crippen molar-refractivity contribution >= 4 is 77.6 Å². The SMILES string of the molecule is COC(=O)c1ccccc1I.COC(=O)c1ccccc1P(c1ccccc1)c1ccccc1.c1ccc(Pc2ccccc2)cc1. The summed E-state index contributed by atoms with van der Waals surface area (Å²) >= 11 is 2.10. The number of hydrogen-bond acceptors (Lipinski definition) is 4. The molecular weight excluding hydrogens is 733 g/mol. The molecule has 0 aliphatic rings. The minimum absolute atomic E-state index is 0.282. The van der Waals surface area contributed by atoms with Gasteiger partial charge < -0.3 is 9.47 Å². The van der Waals surface area contributed by atoms with Crippen LogP contribution in [-0.4, -0.2) is 26.2 Å². The maximum atomic E-state index is 12.2. The Morgan fingerprint density at radius 3 is 1.30 bits per heavy atom. The molecule has 0 amide bonds. The van der Waals surface area contributed by atoms with E-state index in [-0.39, 0.29) is 11.9 Å². The van der Waals surface area contributed by atoms with Gasteiger partial charge in [0.25, 0.3) is 0 Å². The van der Waals surface area contributed by atoms with Crippen LogP contribution in [0.15, 0.2) is 170 Å². The van der Waals surface area contributed by atoms with Crippen molar-refractivity contribution in [3.05, 3.63) is 185 Å². The predicted octanol–water partition coefficient (Wildman–Crippen LogP) is 7.63. The van der Waals surface area contributed by atoms with Gasteiger partial charge in [-0.05, 0) is 75.2 Å². The zero-order valence-electron chi connectivity index (χ0n) is 26.1. The minimum Gasteiger partial charge on any atom is -0.465 e. The molecular formula is C40H35IO4P2. The van der Waals surface area contributed by atoms with Gasteiger partial charge in [-0.2, -0.15) is 0 Å². The highest BCUT2D eigenvalue weighted by Crippen LogP contribution is 2.34. The third-order valence-corrected chi connectivity index (χ3v) is 11.4. The zero-order chi connectivity index (χ0) is 33.3. The molecule has 0 saturated carbocycles. The predicted molar refractivity (Wildman–Crippen MR) is 207 cm³/mol. The van der Waals surface area contributed by atoms with Gasteiger partial charge in [-0.25, -0.2) is 9.59 Å². The first-order valence-corrected chi connectivity index (χ1v) is 18.2. The van der Waals surface area contributed by atoms with Crippen molar-refractivity contribution in [1.29, 1.82) is 0 Å². The number of benzene rings is 6. The smallest absolute Gasteiger partial charge is 0.338 e. The summed E-state index contributed by atoms with van der Waals surface area (Å²) in [6, 6.07) is 56.8. The van der Waals surface area contributed by atoms with E-state index >= 15 is 0 Å². The Hall–Kier alpha value is -4.15. The summed E-state index contributed by atoms with van der Waals surface area (Å²) in [4.78, 5) is 23.2. The van der Waals surface area contributed by atoms with Gasteiger partial charge in [-0.1, -0.05) is 160 Å². The molecule has 0 unspecified atom stereocenters. The molecule has 6 aromatic rings. The molecule has 236 valence electrons. The van der Waals surface area contributed by atoms with E-state index in [4.69, 9.17) is 4.74 Å². The van der Waals surface area contributed by atoms with Gasteiger partial charge in [0.15, 0.2) is 0 Å². The number of rotatable bonds is 7. The lowest BCUT2D eigenvalue weighted by Crippen LogP contribution is -2.25. The maximum Gasteiger partial charge on any atom is 0.338 e. The first-order valence-electron chi connectivity index (χ1n) is 14.8. The first kappa shape index (κ1) is 35.7. The topological polar surface area (TPSA) is 52.6 Å². The van der Waals surface area contributed by atoms with E-state index in [0.717, 1.165) is 17.5 Å². The average Bonchev–Trinajstić information content (AvgIpc) is 3.14. The van der Waals surface area contributed by atoms with E-state index in [2.05, 4.69) is 112 Å². The molecule has 0 N–H and O–H groups in total. The van der Waals surface area contributed by atoms with Gasteiger partial charge in [0.05, 0.1) is 25.3 Å². The Kier molecular flexibility index (Phi) is 14.8. The van der Waals surface area contributed by atoms with Crippen LogP contribution in [0.3, 0.4) is 0 Å². The van der Waals surface area contributed by atoms with E-state index in [1.165, 1.54) is 35.4 Å². The summed E-state index contributed by atoms with van der Waals surface area (Å²) < 4.78 is 10.5. The molecule has 6 aromatic carbocycles. The van der Waals surface area contributed by atoms with Gasteiger partial charge in [-0.3, -0.25) is 0 Å². The van der Waals surface area contributed by atoms with Crippen LogP contribution in [0.4, 0.5) is 0 Å². The molecule has 0 spiro atoms. The highest BCUT2D eigenvalue weighted by Gasteiger charge is 2.22. The van der Waals surface area contributed by atoms with E-state index in [9.17, 15) is 9.59 Å². The van der Waals surface area contributed by atoms with E-state index in [0.29, 0.717) is 11.1 Å². The molecule has 0 heterocycles. The second-order valence-electron chi connectivity index (χ2n) is 9.84. The van der Waals surface area contributed by atoms with E-state index in [1.807, 2.05) is 78.9 Å². The van der Waals surface area contributed by atoms with E-state index < -0.39 is 7.92 Å². The van der Waals surface area contributed by atoms with Gasteiger partial charge in [0, 0.05) is 3.57 Å². The zero-order valence-corrected chi connectivity index (χ0v) is 30.2. The van der Waals surface area contributed by atoms with Crippen LogP contribution < -0.4 is 26.5 Å². The number of hydrogen-bond donors (Lipinski definition) is 0. The average molecular weight is 769 g/mol. The first-order chi connectivity index (χ1) is 23.0. The van der Waals surface area contributed by atoms with Crippen LogP contribution in [0.2, 0.25) is 0 Å². The fraction of sp³-hybridized carbons (Fsp3) is 0.0500. The Balaban J connectivity index is 0.000000176. The number of halogens is 1. The van der Waals surface area contributed by atoms with Crippen molar-refractivity contribution in [2.24, 2.45) is 0 Å². The monoisotopic (exact) mass is 768 g/mol. The summed E-state index contributed by atoms with van der Waals surface area (Å²) in [5.41, 5.74) is 1.25. The van der Waals surface area contributed by atoms with Crippen molar-refractivity contribution < 1.29 is 19.1 Å². The van der Waals surface area contributed by atoms with Crippen molar-refractivity contribution in [2.45, 2.75) is 0 Å². The summed E-state index contributed by atoms with van der Waals surface area (Å²) in [6.07, 6.45) is 0. The number of carbonyl (C=O) groups is 2. The van der Waals surface area contributed by atoms with Crippen LogP contribution in [0.5, 0.6) is 0 Å². The number of carbonyl (C=O) groups excluding carboxylic acids is 2. The number of esters is 2. The molecule has 0 fully saturated rings. The molecule has 0 aliphatic carbocycles. The van der Waals surface area contributed by atoms with Crippen molar-refractivity contribution in [3.63, 3.8) is 0 Å². The minimum atomic E-state index is -0.806. The molecule has 4 nitrogen and oxygen atoms in total. The molecule has 0 atom stereocenters. The lowest BCUT2D eigenvalue weighted by atomic mass is 10.2. The summed E-state index contributed by atoms with van der Waals surface area (Å²) in [5.74, 6) is -0.574. The third-order valence-electron chi connectivity index (χ3n) is 6.69. The largest absolute Gasteiger partial charge is 0.465 e. The lowest BCUT2D eigenvalue weighted by molar-refractivity contribution is 0.0592. The Morgan fingerprint density at radius 2 is 0.851 bits per heavy atom. The van der Waals surface area contributed by atoms with Crippen LogP contribution in [0.25, 0.3) is 0 Å². The lowest BCUT2D eigenvalue weighted by Gasteiger charge is -2.21. The molecule has 47 heavy (non-hydrogen) atoms. The van der Waals surface area contributed by atoms with Crippen LogP contribution in [-0.2, 0) is 9.47 Å². The maximum absolute atomic E-state index is 12.2. The molecule has 0 radical (unpaired) electrons. The number of methoxy groups -OCH3 is 2. The van der Waals surface area contributed by atoms with Gasteiger partial charge >= 0.3 is 11.9 Å². The van der Waals surface area contributed by atoms with Crippen LogP contribution in [0, 0.1) is 3.57 Å². The van der Waals surface area contributed by atoms with Crippen molar-refractivity contribution in [1.82, 2.24) is 0 Å². The second-order valence-corrected chi connectivity index (χ2v) is 14.6. The van der Waals surface area contributed by atoms with E-state index in [1.54, 1.807) is 6.07 Å². The normalized spacial score (nSPS) is 10.0. The van der Waals surface area contributed by atoms with Crippen molar-refractivity contribution in [2.75, 3.05) is 14.2 Å². The van der Waals surface area contributed by atoms with Gasteiger partial charge in [0.2, 0.25) is 0 Å².